The number of urea groups is 1. The number of ether oxygens (including phenoxy) is 2. The average Bonchev–Trinajstić information content (AvgIpc) is 2.84. The molecular weight excluding hydrogens is 224 g/mol. The van der Waals surface area contributed by atoms with Crippen LogP contribution in [0.3, 0.4) is 0 Å². The van der Waals surface area contributed by atoms with E-state index in [-0.39, 0.29) is 12.1 Å². The van der Waals surface area contributed by atoms with E-state index in [0.717, 1.165) is 0 Å². The van der Waals surface area contributed by atoms with Gasteiger partial charge in [0.2, 0.25) is 0 Å². The lowest BCUT2D eigenvalue weighted by Crippen LogP contribution is -2.39. The summed E-state index contributed by atoms with van der Waals surface area (Å²) in [6.45, 7) is 1.31. The van der Waals surface area contributed by atoms with Crippen LogP contribution in [0, 0.1) is 0 Å². The summed E-state index contributed by atoms with van der Waals surface area (Å²) in [5.74, 6) is 0.685. The minimum Gasteiger partial charge on any atom is -0.467 e. The van der Waals surface area contributed by atoms with Gasteiger partial charge in [-0.15, -0.1) is 0 Å². The van der Waals surface area contributed by atoms with Crippen LogP contribution in [0.5, 0.6) is 0 Å². The molecule has 0 saturated carbocycles. The van der Waals surface area contributed by atoms with Crippen molar-refractivity contribution in [2.75, 3.05) is 33.9 Å². The number of methoxy groups -OCH3 is 2. The first-order valence-electron chi connectivity index (χ1n) is 5.34. The van der Waals surface area contributed by atoms with Gasteiger partial charge in [-0.3, -0.25) is 0 Å². The lowest BCUT2D eigenvalue weighted by atomic mass is 10.3. The van der Waals surface area contributed by atoms with Crippen molar-refractivity contribution in [2.24, 2.45) is 0 Å². The van der Waals surface area contributed by atoms with Gasteiger partial charge in [-0.25, -0.2) is 4.79 Å². The van der Waals surface area contributed by atoms with Crippen LogP contribution in [0.1, 0.15) is 11.9 Å². The van der Waals surface area contributed by atoms with Crippen molar-refractivity contribution in [2.45, 2.75) is 6.10 Å². The number of carbonyl (C=O) groups excluding carboxylic acids is 1. The Hall–Kier alpha value is -1.53. The highest BCUT2D eigenvalue weighted by molar-refractivity contribution is 5.73. The Morgan fingerprint density at radius 3 is 2.88 bits per heavy atom. The molecular formula is C11H18N2O4. The Morgan fingerprint density at radius 1 is 1.47 bits per heavy atom. The third-order valence-electron chi connectivity index (χ3n) is 2.18. The fraction of sp³-hybridized carbons (Fsp3) is 0.545. The number of carbonyl (C=O) groups is 1. The molecule has 1 unspecified atom stereocenters. The van der Waals surface area contributed by atoms with E-state index >= 15 is 0 Å². The SMILES string of the molecule is COCCNC(=O)NCC(OC)c1ccco1. The van der Waals surface area contributed by atoms with E-state index in [1.165, 1.54) is 0 Å². The summed E-state index contributed by atoms with van der Waals surface area (Å²) < 4.78 is 15.2. The van der Waals surface area contributed by atoms with Crippen LogP contribution < -0.4 is 10.6 Å². The molecule has 6 nitrogen and oxygen atoms in total. The molecule has 0 aromatic carbocycles. The number of furan rings is 1. The number of nitrogens with one attached hydrogen (secondary N) is 2. The van der Waals surface area contributed by atoms with Gasteiger partial charge in [0.1, 0.15) is 11.9 Å². The molecule has 0 aliphatic rings. The molecule has 96 valence electrons. The van der Waals surface area contributed by atoms with Crippen LogP contribution in [0.2, 0.25) is 0 Å². The van der Waals surface area contributed by atoms with Gasteiger partial charge in [0.05, 0.1) is 19.4 Å². The molecule has 0 saturated heterocycles. The van der Waals surface area contributed by atoms with E-state index in [0.29, 0.717) is 25.5 Å². The van der Waals surface area contributed by atoms with Gasteiger partial charge in [-0.1, -0.05) is 0 Å². The van der Waals surface area contributed by atoms with Gasteiger partial charge in [-0.2, -0.15) is 0 Å². The minimum absolute atomic E-state index is 0.254. The number of hydrogen-bond donors (Lipinski definition) is 2. The van der Waals surface area contributed by atoms with Gasteiger partial charge in [0, 0.05) is 20.8 Å². The molecule has 6 heteroatoms. The van der Waals surface area contributed by atoms with E-state index in [9.17, 15) is 4.79 Å². The van der Waals surface area contributed by atoms with E-state index in [1.807, 2.05) is 0 Å². The zero-order valence-electron chi connectivity index (χ0n) is 10.1. The number of amides is 2. The van der Waals surface area contributed by atoms with Crippen molar-refractivity contribution in [3.05, 3.63) is 24.2 Å². The maximum Gasteiger partial charge on any atom is 0.314 e. The molecule has 17 heavy (non-hydrogen) atoms. The summed E-state index contributed by atoms with van der Waals surface area (Å²) in [5, 5.41) is 5.34. The standard InChI is InChI=1S/C11H18N2O4/c1-15-7-5-12-11(14)13-8-10(16-2)9-4-3-6-17-9/h3-4,6,10H,5,7-8H2,1-2H3,(H2,12,13,14). The number of rotatable bonds is 7. The van der Waals surface area contributed by atoms with Crippen LogP contribution in [0.25, 0.3) is 0 Å². The highest BCUT2D eigenvalue weighted by Crippen LogP contribution is 2.15. The zero-order chi connectivity index (χ0) is 12.5. The van der Waals surface area contributed by atoms with E-state index in [1.54, 1.807) is 32.6 Å². The molecule has 0 fully saturated rings. The van der Waals surface area contributed by atoms with E-state index in [2.05, 4.69) is 10.6 Å². The summed E-state index contributed by atoms with van der Waals surface area (Å²) in [6.07, 6.45) is 1.29. The van der Waals surface area contributed by atoms with Gasteiger partial charge >= 0.3 is 6.03 Å². The Labute approximate surface area is 100 Å². The van der Waals surface area contributed by atoms with Gasteiger partial charge < -0.3 is 24.5 Å². The topological polar surface area (TPSA) is 72.7 Å². The number of hydrogen-bond acceptors (Lipinski definition) is 4. The first-order chi connectivity index (χ1) is 8.27. The highest BCUT2D eigenvalue weighted by atomic mass is 16.5. The molecule has 1 rings (SSSR count). The molecule has 0 radical (unpaired) electrons. The minimum atomic E-state index is -0.279. The molecule has 1 heterocycles. The van der Waals surface area contributed by atoms with E-state index < -0.39 is 0 Å². The molecule has 0 aliphatic carbocycles. The third-order valence-corrected chi connectivity index (χ3v) is 2.18. The Balaban J connectivity index is 2.26. The van der Waals surface area contributed by atoms with Gasteiger partial charge in [0.15, 0.2) is 0 Å². The molecule has 2 N–H and O–H groups in total. The van der Waals surface area contributed by atoms with Gasteiger partial charge in [0.25, 0.3) is 0 Å². The first kappa shape index (κ1) is 13.5. The molecule has 1 atom stereocenters. The quantitative estimate of drug-likeness (QED) is 0.697. The third kappa shape index (κ3) is 4.88. The van der Waals surface area contributed by atoms with Crippen LogP contribution in [-0.2, 0) is 9.47 Å². The molecule has 0 bridgehead atoms. The smallest absolute Gasteiger partial charge is 0.314 e. The normalized spacial score (nSPS) is 12.1. The Bertz CT molecular complexity index is 313. The second-order valence-corrected chi connectivity index (χ2v) is 3.37. The van der Waals surface area contributed by atoms with Gasteiger partial charge in [-0.05, 0) is 12.1 Å². The average molecular weight is 242 g/mol. The summed E-state index contributed by atoms with van der Waals surface area (Å²) >= 11 is 0. The maximum absolute atomic E-state index is 11.3. The lowest BCUT2D eigenvalue weighted by molar-refractivity contribution is 0.0849. The van der Waals surface area contributed by atoms with Crippen molar-refractivity contribution in [3.8, 4) is 0 Å². The largest absolute Gasteiger partial charge is 0.467 e. The molecule has 1 aromatic heterocycles. The van der Waals surface area contributed by atoms with Crippen LogP contribution in [-0.4, -0.2) is 39.9 Å². The van der Waals surface area contributed by atoms with Crippen LogP contribution >= 0.6 is 0 Å². The fourth-order valence-corrected chi connectivity index (χ4v) is 1.29. The van der Waals surface area contributed by atoms with Crippen molar-refractivity contribution in [3.63, 3.8) is 0 Å². The fourth-order valence-electron chi connectivity index (χ4n) is 1.29. The molecule has 2 amide bonds. The highest BCUT2D eigenvalue weighted by Gasteiger charge is 2.14. The van der Waals surface area contributed by atoms with Crippen LogP contribution in [0.15, 0.2) is 22.8 Å². The Morgan fingerprint density at radius 2 is 2.29 bits per heavy atom. The van der Waals surface area contributed by atoms with E-state index in [4.69, 9.17) is 13.9 Å². The van der Waals surface area contributed by atoms with Crippen molar-refractivity contribution in [1.82, 2.24) is 10.6 Å². The van der Waals surface area contributed by atoms with Crippen molar-refractivity contribution >= 4 is 6.03 Å². The van der Waals surface area contributed by atoms with Crippen LogP contribution in [0.4, 0.5) is 4.79 Å². The maximum atomic E-state index is 11.3. The molecule has 1 aromatic rings. The van der Waals surface area contributed by atoms with Crippen molar-refractivity contribution < 1.29 is 18.7 Å². The predicted molar refractivity (Wildman–Crippen MR) is 61.7 cm³/mol. The van der Waals surface area contributed by atoms with Crippen molar-refractivity contribution in [1.29, 1.82) is 0 Å². The predicted octanol–water partition coefficient (Wildman–Crippen LogP) is 0.913. The summed E-state index contributed by atoms with van der Waals surface area (Å²) in [4.78, 5) is 11.3. The second kappa shape index (κ2) is 7.70. The lowest BCUT2D eigenvalue weighted by Gasteiger charge is -2.14. The summed E-state index contributed by atoms with van der Waals surface area (Å²) in [5.41, 5.74) is 0. The summed E-state index contributed by atoms with van der Waals surface area (Å²) in [7, 11) is 3.15. The first-order valence-corrected chi connectivity index (χ1v) is 5.34. The molecule has 0 aliphatic heterocycles. The zero-order valence-corrected chi connectivity index (χ0v) is 10.1. The monoisotopic (exact) mass is 242 g/mol. The summed E-state index contributed by atoms with van der Waals surface area (Å²) in [6, 6.07) is 3.33. The Kier molecular flexibility index (Phi) is 6.13. The molecule has 0 spiro atoms. The second-order valence-electron chi connectivity index (χ2n) is 3.37.